The van der Waals surface area contributed by atoms with Crippen molar-refractivity contribution in [2.75, 3.05) is 6.61 Å². The molecule has 0 amide bonds. The molecule has 3 heteroatoms. The summed E-state index contributed by atoms with van der Waals surface area (Å²) in [6, 6.07) is 8.44. The van der Waals surface area contributed by atoms with E-state index in [0.29, 0.717) is 0 Å². The molecule has 0 aromatic heterocycles. The fourth-order valence-electron chi connectivity index (χ4n) is 2.94. The third-order valence-electron chi connectivity index (χ3n) is 4.36. The Balaban J connectivity index is 1.90. The summed E-state index contributed by atoms with van der Waals surface area (Å²) in [7, 11) is 0. The lowest BCUT2D eigenvalue weighted by atomic mass is 9.63. The first-order valence-electron chi connectivity index (χ1n) is 6.68. The summed E-state index contributed by atoms with van der Waals surface area (Å²) in [6.45, 7) is 0.806. The van der Waals surface area contributed by atoms with E-state index in [9.17, 15) is 5.26 Å². The number of aryl methyl sites for hydroxylation is 1. The number of ether oxygens (including phenoxy) is 1. The van der Waals surface area contributed by atoms with Crippen molar-refractivity contribution in [3.8, 4) is 11.8 Å². The number of hydrogen-bond donors (Lipinski definition) is 1. The molecule has 18 heavy (non-hydrogen) atoms. The summed E-state index contributed by atoms with van der Waals surface area (Å²) in [5, 5.41) is 9.35. The number of hydrogen-bond acceptors (Lipinski definition) is 3. The van der Waals surface area contributed by atoms with Gasteiger partial charge in [0.1, 0.15) is 5.75 Å². The van der Waals surface area contributed by atoms with Crippen molar-refractivity contribution in [1.82, 2.24) is 0 Å². The second-order valence-electron chi connectivity index (χ2n) is 5.42. The van der Waals surface area contributed by atoms with Crippen molar-refractivity contribution in [2.45, 2.75) is 38.1 Å². The van der Waals surface area contributed by atoms with Crippen LogP contribution >= 0.6 is 0 Å². The monoisotopic (exact) mass is 242 g/mol. The van der Waals surface area contributed by atoms with Gasteiger partial charge in [-0.05, 0) is 42.9 Å². The fourth-order valence-corrected chi connectivity index (χ4v) is 2.94. The van der Waals surface area contributed by atoms with E-state index < -0.39 is 0 Å². The zero-order valence-electron chi connectivity index (χ0n) is 10.5. The molecule has 0 radical (unpaired) electrons. The molecule has 0 spiro atoms. The van der Waals surface area contributed by atoms with E-state index in [2.05, 4.69) is 12.1 Å². The third kappa shape index (κ3) is 1.69. The van der Waals surface area contributed by atoms with E-state index in [-0.39, 0.29) is 11.5 Å². The molecule has 1 aromatic carbocycles. The molecule has 1 fully saturated rings. The Labute approximate surface area is 108 Å². The molecule has 94 valence electrons. The number of nitrogens with zero attached hydrogens (tertiary/aromatic N) is 1. The molecule has 2 N–H and O–H groups in total. The summed E-state index contributed by atoms with van der Waals surface area (Å²) in [5.74, 6) is 0.983. The van der Waals surface area contributed by atoms with Gasteiger partial charge >= 0.3 is 0 Å². The van der Waals surface area contributed by atoms with Crippen LogP contribution in [0, 0.1) is 16.7 Å². The van der Waals surface area contributed by atoms with Crippen LogP contribution in [-0.2, 0) is 6.42 Å². The molecule has 1 heterocycles. The highest BCUT2D eigenvalue weighted by Crippen LogP contribution is 2.49. The first-order valence-corrected chi connectivity index (χ1v) is 6.68. The lowest BCUT2D eigenvalue weighted by molar-refractivity contribution is 0.168. The minimum atomic E-state index is -0.330. The topological polar surface area (TPSA) is 59.0 Å². The maximum atomic E-state index is 9.35. The van der Waals surface area contributed by atoms with Gasteiger partial charge in [0.25, 0.3) is 0 Å². The normalized spacial score (nSPS) is 22.0. The van der Waals surface area contributed by atoms with Crippen molar-refractivity contribution in [1.29, 1.82) is 5.26 Å². The number of nitrogens with two attached hydrogens (primary N) is 1. The zero-order valence-corrected chi connectivity index (χ0v) is 10.5. The van der Waals surface area contributed by atoms with Gasteiger partial charge in [-0.2, -0.15) is 5.26 Å². The smallest absolute Gasteiger partial charge is 0.122 e. The van der Waals surface area contributed by atoms with Gasteiger partial charge < -0.3 is 10.5 Å². The third-order valence-corrected chi connectivity index (χ3v) is 4.36. The van der Waals surface area contributed by atoms with Crippen LogP contribution in [-0.4, -0.2) is 6.61 Å². The Morgan fingerprint density at radius 1 is 1.33 bits per heavy atom. The molecule has 1 aromatic rings. The number of benzene rings is 1. The minimum Gasteiger partial charge on any atom is -0.493 e. The zero-order chi connectivity index (χ0) is 12.6. The Hall–Kier alpha value is -1.53. The summed E-state index contributed by atoms with van der Waals surface area (Å²) < 4.78 is 5.60. The Bertz CT molecular complexity index is 500. The van der Waals surface area contributed by atoms with E-state index in [1.165, 1.54) is 5.56 Å². The van der Waals surface area contributed by atoms with Crippen LogP contribution in [0.25, 0.3) is 0 Å². The lowest BCUT2D eigenvalue weighted by Gasteiger charge is -2.40. The van der Waals surface area contributed by atoms with Crippen molar-refractivity contribution in [2.24, 2.45) is 11.1 Å². The van der Waals surface area contributed by atoms with E-state index in [4.69, 9.17) is 10.5 Å². The van der Waals surface area contributed by atoms with Gasteiger partial charge in [0.05, 0.1) is 18.1 Å². The first kappa shape index (κ1) is 11.6. The molecular weight excluding hydrogens is 224 g/mol. The molecule has 1 unspecified atom stereocenters. The highest BCUT2D eigenvalue weighted by Gasteiger charge is 2.43. The van der Waals surface area contributed by atoms with Crippen LogP contribution in [0.1, 0.15) is 42.9 Å². The van der Waals surface area contributed by atoms with Crippen molar-refractivity contribution in [3.05, 3.63) is 29.3 Å². The van der Waals surface area contributed by atoms with Gasteiger partial charge in [-0.25, -0.2) is 0 Å². The fraction of sp³-hybridized carbons (Fsp3) is 0.533. The largest absolute Gasteiger partial charge is 0.493 e. The van der Waals surface area contributed by atoms with Gasteiger partial charge in [0.15, 0.2) is 0 Å². The highest BCUT2D eigenvalue weighted by molar-refractivity contribution is 5.40. The van der Waals surface area contributed by atoms with Gasteiger partial charge in [-0.3, -0.25) is 0 Å². The molecular formula is C15H18N2O. The van der Waals surface area contributed by atoms with E-state index in [0.717, 1.165) is 50.0 Å². The van der Waals surface area contributed by atoms with Gasteiger partial charge in [0.2, 0.25) is 0 Å². The second-order valence-corrected chi connectivity index (χ2v) is 5.42. The SMILES string of the molecule is N#CC1(C(N)c2ccc3c(c2)CCCO3)CCC1. The predicted molar refractivity (Wildman–Crippen MR) is 69.1 cm³/mol. The minimum absolute atomic E-state index is 0.163. The lowest BCUT2D eigenvalue weighted by Crippen LogP contribution is -2.39. The summed E-state index contributed by atoms with van der Waals surface area (Å²) >= 11 is 0. The highest BCUT2D eigenvalue weighted by atomic mass is 16.5. The number of fused-ring (bicyclic) bond motifs is 1. The van der Waals surface area contributed by atoms with Crippen molar-refractivity contribution >= 4 is 0 Å². The number of nitriles is 1. The van der Waals surface area contributed by atoms with Gasteiger partial charge in [-0.1, -0.05) is 18.6 Å². The molecule has 0 bridgehead atoms. The standard InChI is InChI=1S/C15H18N2O/c16-10-15(6-2-7-15)14(17)12-4-5-13-11(9-12)3-1-8-18-13/h4-5,9,14H,1-3,6-8,17H2. The summed E-state index contributed by atoms with van der Waals surface area (Å²) in [5.41, 5.74) is 8.31. The summed E-state index contributed by atoms with van der Waals surface area (Å²) in [4.78, 5) is 0. The van der Waals surface area contributed by atoms with E-state index in [1.807, 2.05) is 12.1 Å². The molecule has 1 aliphatic heterocycles. The van der Waals surface area contributed by atoms with Crippen molar-refractivity contribution in [3.63, 3.8) is 0 Å². The Morgan fingerprint density at radius 3 is 2.83 bits per heavy atom. The predicted octanol–water partition coefficient (Wildman–Crippen LogP) is 2.71. The number of rotatable bonds is 2. The maximum Gasteiger partial charge on any atom is 0.122 e. The Kier molecular flexibility index (Phi) is 2.76. The molecule has 2 aliphatic rings. The van der Waals surface area contributed by atoms with Crippen LogP contribution < -0.4 is 10.5 Å². The van der Waals surface area contributed by atoms with Gasteiger partial charge in [-0.15, -0.1) is 0 Å². The maximum absolute atomic E-state index is 9.35. The second kappa shape index (κ2) is 4.29. The van der Waals surface area contributed by atoms with Crippen LogP contribution in [0.2, 0.25) is 0 Å². The van der Waals surface area contributed by atoms with E-state index in [1.54, 1.807) is 0 Å². The Morgan fingerprint density at radius 2 is 2.17 bits per heavy atom. The molecule has 1 aliphatic carbocycles. The summed E-state index contributed by atoms with van der Waals surface area (Å²) in [6.07, 6.45) is 5.09. The first-order chi connectivity index (χ1) is 8.75. The van der Waals surface area contributed by atoms with Crippen LogP contribution in [0.5, 0.6) is 5.75 Å². The molecule has 3 rings (SSSR count). The average Bonchev–Trinajstić information content (AvgIpc) is 2.37. The van der Waals surface area contributed by atoms with Gasteiger partial charge in [0, 0.05) is 6.04 Å². The molecule has 1 saturated carbocycles. The molecule has 1 atom stereocenters. The van der Waals surface area contributed by atoms with Crippen LogP contribution in [0.15, 0.2) is 18.2 Å². The quantitative estimate of drug-likeness (QED) is 0.867. The van der Waals surface area contributed by atoms with Crippen molar-refractivity contribution < 1.29 is 4.74 Å². The molecule has 0 saturated heterocycles. The average molecular weight is 242 g/mol. The van der Waals surface area contributed by atoms with Crippen LogP contribution in [0.4, 0.5) is 0 Å². The van der Waals surface area contributed by atoms with Crippen LogP contribution in [0.3, 0.4) is 0 Å². The molecule has 3 nitrogen and oxygen atoms in total. The van der Waals surface area contributed by atoms with E-state index >= 15 is 0 Å².